The molecule has 1 atom stereocenters. The van der Waals surface area contributed by atoms with Gasteiger partial charge in [-0.3, -0.25) is 4.79 Å². The van der Waals surface area contributed by atoms with Crippen LogP contribution in [0.4, 0.5) is 5.69 Å². The number of benzene rings is 1. The zero-order valence-corrected chi connectivity index (χ0v) is 12.3. The molecule has 1 aromatic rings. The third-order valence-corrected chi connectivity index (χ3v) is 3.82. The molecule has 0 bridgehead atoms. The van der Waals surface area contributed by atoms with E-state index in [1.807, 2.05) is 4.90 Å². The van der Waals surface area contributed by atoms with Crippen molar-refractivity contribution in [3.63, 3.8) is 0 Å². The van der Waals surface area contributed by atoms with Gasteiger partial charge in [-0.15, -0.1) is 0 Å². The fourth-order valence-electron chi connectivity index (χ4n) is 2.69. The van der Waals surface area contributed by atoms with Gasteiger partial charge in [0.05, 0.1) is 19.4 Å². The standard InChI is InChI=1S/C15H22N2O3/c1-15(10-19-2)6-7-17(9-15)14(18)11-4-5-12(16)13(8-11)20-3/h4-5,8H,6-7,9-10,16H2,1-3H3. The van der Waals surface area contributed by atoms with Crippen LogP contribution in [0.2, 0.25) is 0 Å². The molecule has 0 spiro atoms. The third-order valence-electron chi connectivity index (χ3n) is 3.82. The molecular formula is C15H22N2O3. The molecule has 1 heterocycles. The highest BCUT2D eigenvalue weighted by atomic mass is 16.5. The Kier molecular flexibility index (Phi) is 4.18. The predicted molar refractivity (Wildman–Crippen MR) is 77.9 cm³/mol. The number of rotatable bonds is 4. The largest absolute Gasteiger partial charge is 0.495 e. The van der Waals surface area contributed by atoms with Crippen molar-refractivity contribution in [2.24, 2.45) is 5.41 Å². The Balaban J connectivity index is 2.13. The van der Waals surface area contributed by atoms with E-state index in [9.17, 15) is 4.79 Å². The van der Waals surface area contributed by atoms with Crippen molar-refractivity contribution >= 4 is 11.6 Å². The van der Waals surface area contributed by atoms with Crippen LogP contribution in [0, 0.1) is 5.41 Å². The quantitative estimate of drug-likeness (QED) is 0.853. The van der Waals surface area contributed by atoms with Gasteiger partial charge in [-0.1, -0.05) is 6.92 Å². The molecule has 1 aromatic carbocycles. The first kappa shape index (κ1) is 14.7. The normalized spacial score (nSPS) is 22.1. The van der Waals surface area contributed by atoms with E-state index in [2.05, 4.69) is 6.92 Å². The molecule has 0 aliphatic carbocycles. The maximum Gasteiger partial charge on any atom is 0.254 e. The fourth-order valence-corrected chi connectivity index (χ4v) is 2.69. The van der Waals surface area contributed by atoms with Crippen LogP contribution in [0.3, 0.4) is 0 Å². The van der Waals surface area contributed by atoms with Gasteiger partial charge in [-0.25, -0.2) is 0 Å². The third kappa shape index (κ3) is 2.88. The Morgan fingerprint density at radius 3 is 2.85 bits per heavy atom. The van der Waals surface area contributed by atoms with Crippen LogP contribution in [0.15, 0.2) is 18.2 Å². The zero-order chi connectivity index (χ0) is 14.8. The van der Waals surface area contributed by atoms with Gasteiger partial charge in [0.15, 0.2) is 0 Å². The van der Waals surface area contributed by atoms with Crippen molar-refractivity contribution in [3.8, 4) is 5.75 Å². The molecule has 0 radical (unpaired) electrons. The van der Waals surface area contributed by atoms with Gasteiger partial charge in [0.2, 0.25) is 0 Å². The summed E-state index contributed by atoms with van der Waals surface area (Å²) in [6.45, 7) is 4.28. The number of hydrogen-bond acceptors (Lipinski definition) is 4. The summed E-state index contributed by atoms with van der Waals surface area (Å²) in [4.78, 5) is 14.4. The minimum atomic E-state index is 0.0168. The second kappa shape index (κ2) is 5.71. The Labute approximate surface area is 119 Å². The summed E-state index contributed by atoms with van der Waals surface area (Å²) in [6, 6.07) is 5.15. The monoisotopic (exact) mass is 278 g/mol. The number of amides is 1. The molecule has 0 saturated carbocycles. The Hall–Kier alpha value is -1.75. The van der Waals surface area contributed by atoms with Crippen molar-refractivity contribution in [1.82, 2.24) is 4.90 Å². The van der Waals surface area contributed by atoms with E-state index >= 15 is 0 Å². The maximum atomic E-state index is 12.5. The number of nitrogen functional groups attached to an aromatic ring is 1. The van der Waals surface area contributed by atoms with Crippen LogP contribution in [0.1, 0.15) is 23.7 Å². The molecule has 0 aromatic heterocycles. The molecule has 1 fully saturated rings. The van der Waals surface area contributed by atoms with E-state index in [0.717, 1.165) is 13.0 Å². The van der Waals surface area contributed by atoms with E-state index in [-0.39, 0.29) is 11.3 Å². The molecule has 1 unspecified atom stereocenters. The van der Waals surface area contributed by atoms with Crippen LogP contribution in [-0.2, 0) is 4.74 Å². The lowest BCUT2D eigenvalue weighted by atomic mass is 9.91. The first-order valence-electron chi connectivity index (χ1n) is 6.71. The average molecular weight is 278 g/mol. The van der Waals surface area contributed by atoms with E-state index in [1.165, 1.54) is 0 Å². The van der Waals surface area contributed by atoms with Crippen LogP contribution in [0.5, 0.6) is 5.75 Å². The van der Waals surface area contributed by atoms with Crippen molar-refractivity contribution in [3.05, 3.63) is 23.8 Å². The lowest BCUT2D eigenvalue weighted by molar-refractivity contribution is 0.0710. The van der Waals surface area contributed by atoms with Gasteiger partial charge >= 0.3 is 0 Å². The maximum absolute atomic E-state index is 12.5. The highest BCUT2D eigenvalue weighted by molar-refractivity contribution is 5.95. The molecule has 1 amide bonds. The number of ether oxygens (including phenoxy) is 2. The number of hydrogen-bond donors (Lipinski definition) is 1. The smallest absolute Gasteiger partial charge is 0.254 e. The number of methoxy groups -OCH3 is 2. The molecule has 110 valence electrons. The summed E-state index contributed by atoms with van der Waals surface area (Å²) >= 11 is 0. The first-order valence-corrected chi connectivity index (χ1v) is 6.71. The van der Waals surface area contributed by atoms with Gasteiger partial charge < -0.3 is 20.1 Å². The minimum absolute atomic E-state index is 0.0168. The summed E-state index contributed by atoms with van der Waals surface area (Å²) in [5.74, 6) is 0.554. The summed E-state index contributed by atoms with van der Waals surface area (Å²) in [5.41, 5.74) is 6.96. The molecule has 20 heavy (non-hydrogen) atoms. The van der Waals surface area contributed by atoms with Crippen molar-refractivity contribution in [1.29, 1.82) is 0 Å². The number of nitrogens with two attached hydrogens (primary N) is 1. The SMILES string of the molecule is COCC1(C)CCN(C(=O)c2ccc(N)c(OC)c2)C1. The Morgan fingerprint density at radius 2 is 2.20 bits per heavy atom. The molecule has 5 heteroatoms. The van der Waals surface area contributed by atoms with E-state index in [1.54, 1.807) is 32.4 Å². The van der Waals surface area contributed by atoms with Crippen molar-refractivity contribution in [2.45, 2.75) is 13.3 Å². The molecular weight excluding hydrogens is 256 g/mol. The molecule has 2 N–H and O–H groups in total. The van der Waals surface area contributed by atoms with Crippen molar-refractivity contribution < 1.29 is 14.3 Å². The number of nitrogens with zero attached hydrogens (tertiary/aromatic N) is 1. The number of carbonyl (C=O) groups excluding carboxylic acids is 1. The Bertz CT molecular complexity index is 504. The second-order valence-electron chi connectivity index (χ2n) is 5.68. The van der Waals surface area contributed by atoms with Crippen LogP contribution in [-0.4, -0.2) is 44.7 Å². The zero-order valence-electron chi connectivity index (χ0n) is 12.3. The van der Waals surface area contributed by atoms with Gasteiger partial charge in [0, 0.05) is 31.2 Å². The summed E-state index contributed by atoms with van der Waals surface area (Å²) in [7, 11) is 3.24. The highest BCUT2D eigenvalue weighted by Crippen LogP contribution is 2.31. The van der Waals surface area contributed by atoms with Crippen LogP contribution in [0.25, 0.3) is 0 Å². The van der Waals surface area contributed by atoms with Gasteiger partial charge in [0.1, 0.15) is 5.75 Å². The highest BCUT2D eigenvalue weighted by Gasteiger charge is 2.36. The number of carbonyl (C=O) groups is 1. The van der Waals surface area contributed by atoms with Crippen LogP contribution >= 0.6 is 0 Å². The van der Waals surface area contributed by atoms with Crippen molar-refractivity contribution in [2.75, 3.05) is 39.6 Å². The topological polar surface area (TPSA) is 64.8 Å². The lowest BCUT2D eigenvalue weighted by Gasteiger charge is -2.23. The molecule has 1 aliphatic heterocycles. The van der Waals surface area contributed by atoms with E-state index in [4.69, 9.17) is 15.2 Å². The lowest BCUT2D eigenvalue weighted by Crippen LogP contribution is -2.32. The average Bonchev–Trinajstić information content (AvgIpc) is 2.81. The van der Waals surface area contributed by atoms with Gasteiger partial charge in [0.25, 0.3) is 5.91 Å². The number of anilines is 1. The Morgan fingerprint density at radius 1 is 1.45 bits per heavy atom. The minimum Gasteiger partial charge on any atom is -0.495 e. The summed E-state index contributed by atoms with van der Waals surface area (Å²) < 4.78 is 10.4. The molecule has 1 aliphatic rings. The molecule has 5 nitrogen and oxygen atoms in total. The second-order valence-corrected chi connectivity index (χ2v) is 5.68. The van der Waals surface area contributed by atoms with E-state index < -0.39 is 0 Å². The summed E-state index contributed by atoms with van der Waals surface area (Å²) in [5, 5.41) is 0. The predicted octanol–water partition coefficient (Wildman–Crippen LogP) is 1.78. The van der Waals surface area contributed by atoms with Crippen LogP contribution < -0.4 is 10.5 Å². The van der Waals surface area contributed by atoms with Gasteiger partial charge in [-0.05, 0) is 24.6 Å². The number of likely N-dealkylation sites (tertiary alicyclic amines) is 1. The molecule has 2 rings (SSSR count). The first-order chi connectivity index (χ1) is 9.49. The fraction of sp³-hybridized carbons (Fsp3) is 0.533. The van der Waals surface area contributed by atoms with E-state index in [0.29, 0.717) is 30.2 Å². The molecule has 1 saturated heterocycles. The summed E-state index contributed by atoms with van der Waals surface area (Å²) in [6.07, 6.45) is 0.957. The van der Waals surface area contributed by atoms with Gasteiger partial charge in [-0.2, -0.15) is 0 Å².